The number of nitrogens with zero attached hydrogens (tertiary/aromatic N) is 2. The maximum Gasteiger partial charge on any atom is 0.240 e. The zero-order chi connectivity index (χ0) is 21.1. The predicted molar refractivity (Wildman–Crippen MR) is 120 cm³/mol. The first-order valence-electron chi connectivity index (χ1n) is 9.57. The van der Waals surface area contributed by atoms with E-state index in [-0.39, 0.29) is 4.90 Å². The highest BCUT2D eigenvalue weighted by molar-refractivity contribution is 7.89. The third-order valence-electron chi connectivity index (χ3n) is 5.01. The van der Waals surface area contributed by atoms with Crippen molar-refractivity contribution in [3.05, 3.63) is 83.9 Å². The molecule has 0 radical (unpaired) electrons. The average molecular weight is 419 g/mol. The Labute approximate surface area is 176 Å². The van der Waals surface area contributed by atoms with E-state index in [4.69, 9.17) is 0 Å². The Morgan fingerprint density at radius 1 is 0.867 bits per heavy atom. The Morgan fingerprint density at radius 3 is 2.30 bits per heavy atom. The quantitative estimate of drug-likeness (QED) is 0.492. The van der Waals surface area contributed by atoms with E-state index in [9.17, 15) is 8.42 Å². The number of anilines is 1. The zero-order valence-corrected chi connectivity index (χ0v) is 17.6. The van der Waals surface area contributed by atoms with Gasteiger partial charge < -0.3 is 5.32 Å². The molecule has 0 bridgehead atoms. The lowest BCUT2D eigenvalue weighted by Crippen LogP contribution is -2.19. The maximum absolute atomic E-state index is 12.4. The standard InChI is InChI=1S/C23H22N4O2S/c1-16-12-13-18(14-21(16)30(28,29)24-2)22-19-10-6-7-11-20(19)23(27-26-22)25-15-17-8-4-3-5-9-17/h3-14,24H,15H2,1-2H3,(H,25,27). The van der Waals surface area contributed by atoms with Crippen molar-refractivity contribution in [1.82, 2.24) is 14.9 Å². The summed E-state index contributed by atoms with van der Waals surface area (Å²) in [6, 6.07) is 23.2. The summed E-state index contributed by atoms with van der Waals surface area (Å²) in [5.41, 5.74) is 3.16. The third kappa shape index (κ3) is 3.90. The molecule has 0 saturated heterocycles. The second kappa shape index (κ2) is 8.22. The fourth-order valence-corrected chi connectivity index (χ4v) is 4.37. The van der Waals surface area contributed by atoms with E-state index in [1.54, 1.807) is 19.1 Å². The minimum absolute atomic E-state index is 0.236. The second-order valence-electron chi connectivity index (χ2n) is 6.97. The highest BCUT2D eigenvalue weighted by atomic mass is 32.2. The van der Waals surface area contributed by atoms with Gasteiger partial charge in [-0.3, -0.25) is 0 Å². The van der Waals surface area contributed by atoms with Gasteiger partial charge in [0, 0.05) is 22.9 Å². The fourth-order valence-electron chi connectivity index (χ4n) is 3.38. The lowest BCUT2D eigenvalue weighted by atomic mass is 10.0. The SMILES string of the molecule is CNS(=O)(=O)c1cc(-c2nnc(NCc3ccccc3)c3ccccc23)ccc1C. The molecular formula is C23H22N4O2S. The van der Waals surface area contributed by atoms with Crippen molar-refractivity contribution in [3.63, 3.8) is 0 Å². The molecule has 7 heteroatoms. The second-order valence-corrected chi connectivity index (χ2v) is 8.82. The minimum Gasteiger partial charge on any atom is -0.364 e. The van der Waals surface area contributed by atoms with Crippen LogP contribution in [0.5, 0.6) is 0 Å². The summed E-state index contributed by atoms with van der Waals surface area (Å²) in [7, 11) is -2.16. The molecule has 0 unspecified atom stereocenters. The smallest absolute Gasteiger partial charge is 0.240 e. The first kappa shape index (κ1) is 20.0. The number of sulfonamides is 1. The number of aromatic nitrogens is 2. The van der Waals surface area contributed by atoms with Crippen LogP contribution in [0.25, 0.3) is 22.0 Å². The van der Waals surface area contributed by atoms with Crippen molar-refractivity contribution in [3.8, 4) is 11.3 Å². The minimum atomic E-state index is -3.57. The Bertz CT molecular complexity index is 1310. The van der Waals surface area contributed by atoms with Gasteiger partial charge in [-0.25, -0.2) is 13.1 Å². The Balaban J connectivity index is 1.78. The molecule has 30 heavy (non-hydrogen) atoms. The van der Waals surface area contributed by atoms with Crippen molar-refractivity contribution in [1.29, 1.82) is 0 Å². The molecule has 0 aliphatic carbocycles. The van der Waals surface area contributed by atoms with Crippen LogP contribution in [-0.2, 0) is 16.6 Å². The molecule has 4 aromatic rings. The van der Waals surface area contributed by atoms with E-state index in [1.165, 1.54) is 7.05 Å². The van der Waals surface area contributed by atoms with Crippen LogP contribution in [-0.4, -0.2) is 25.7 Å². The number of hydrogen-bond acceptors (Lipinski definition) is 5. The molecule has 0 amide bonds. The van der Waals surface area contributed by atoms with Crippen LogP contribution in [0.15, 0.2) is 77.7 Å². The molecule has 3 aromatic carbocycles. The van der Waals surface area contributed by atoms with E-state index >= 15 is 0 Å². The van der Waals surface area contributed by atoms with Gasteiger partial charge in [-0.15, -0.1) is 10.2 Å². The largest absolute Gasteiger partial charge is 0.364 e. The summed E-state index contributed by atoms with van der Waals surface area (Å²) < 4.78 is 27.2. The van der Waals surface area contributed by atoms with Crippen LogP contribution in [0.2, 0.25) is 0 Å². The number of benzene rings is 3. The summed E-state index contributed by atoms with van der Waals surface area (Å²) in [6.45, 7) is 2.41. The van der Waals surface area contributed by atoms with Gasteiger partial charge in [-0.05, 0) is 31.2 Å². The van der Waals surface area contributed by atoms with Gasteiger partial charge in [-0.2, -0.15) is 0 Å². The van der Waals surface area contributed by atoms with Crippen molar-refractivity contribution < 1.29 is 8.42 Å². The van der Waals surface area contributed by atoms with Gasteiger partial charge in [-0.1, -0.05) is 66.7 Å². The molecule has 0 aliphatic rings. The molecule has 6 nitrogen and oxygen atoms in total. The monoisotopic (exact) mass is 418 g/mol. The number of hydrogen-bond donors (Lipinski definition) is 2. The molecular weight excluding hydrogens is 396 g/mol. The Kier molecular flexibility index (Phi) is 5.48. The number of rotatable bonds is 6. The van der Waals surface area contributed by atoms with E-state index < -0.39 is 10.0 Å². The molecule has 0 spiro atoms. The molecule has 4 rings (SSSR count). The summed E-state index contributed by atoms with van der Waals surface area (Å²) in [5.74, 6) is 0.688. The van der Waals surface area contributed by atoms with Crippen molar-refractivity contribution in [2.45, 2.75) is 18.4 Å². The van der Waals surface area contributed by atoms with Gasteiger partial charge in [0.1, 0.15) is 5.69 Å². The Hall–Kier alpha value is -3.29. The van der Waals surface area contributed by atoms with Crippen LogP contribution < -0.4 is 10.0 Å². The van der Waals surface area contributed by atoms with E-state index in [0.29, 0.717) is 29.2 Å². The highest BCUT2D eigenvalue weighted by Gasteiger charge is 2.18. The summed E-state index contributed by atoms with van der Waals surface area (Å²) >= 11 is 0. The highest BCUT2D eigenvalue weighted by Crippen LogP contribution is 2.31. The topological polar surface area (TPSA) is 84.0 Å². The van der Waals surface area contributed by atoms with Crippen LogP contribution in [0.1, 0.15) is 11.1 Å². The number of aryl methyl sites for hydroxylation is 1. The molecule has 0 fully saturated rings. The van der Waals surface area contributed by atoms with Crippen LogP contribution in [0.3, 0.4) is 0 Å². The van der Waals surface area contributed by atoms with Gasteiger partial charge in [0.25, 0.3) is 0 Å². The average Bonchev–Trinajstić information content (AvgIpc) is 2.78. The molecule has 2 N–H and O–H groups in total. The maximum atomic E-state index is 12.4. The Morgan fingerprint density at radius 2 is 1.57 bits per heavy atom. The molecule has 0 aliphatic heterocycles. The predicted octanol–water partition coefficient (Wildman–Crippen LogP) is 4.13. The molecule has 0 saturated carbocycles. The molecule has 1 heterocycles. The van der Waals surface area contributed by atoms with Gasteiger partial charge in [0.05, 0.1) is 4.90 Å². The third-order valence-corrected chi connectivity index (χ3v) is 6.57. The summed E-state index contributed by atoms with van der Waals surface area (Å²) in [5, 5.41) is 14.0. The molecule has 152 valence electrons. The van der Waals surface area contributed by atoms with Crippen LogP contribution >= 0.6 is 0 Å². The molecule has 1 aromatic heterocycles. The summed E-state index contributed by atoms with van der Waals surface area (Å²) in [4.78, 5) is 0.236. The van der Waals surface area contributed by atoms with Gasteiger partial charge in [0.15, 0.2) is 5.82 Å². The van der Waals surface area contributed by atoms with Crippen LogP contribution in [0, 0.1) is 6.92 Å². The lowest BCUT2D eigenvalue weighted by Gasteiger charge is -2.13. The number of fused-ring (bicyclic) bond motifs is 1. The van der Waals surface area contributed by atoms with Crippen molar-refractivity contribution in [2.24, 2.45) is 0 Å². The van der Waals surface area contributed by atoms with Crippen LogP contribution in [0.4, 0.5) is 5.82 Å². The number of nitrogens with one attached hydrogen (secondary N) is 2. The normalized spacial score (nSPS) is 11.5. The summed E-state index contributed by atoms with van der Waals surface area (Å²) in [6.07, 6.45) is 0. The lowest BCUT2D eigenvalue weighted by molar-refractivity contribution is 0.587. The van der Waals surface area contributed by atoms with Crippen molar-refractivity contribution in [2.75, 3.05) is 12.4 Å². The van der Waals surface area contributed by atoms with Crippen molar-refractivity contribution >= 4 is 26.6 Å². The van der Waals surface area contributed by atoms with E-state index in [2.05, 4.69) is 20.2 Å². The van der Waals surface area contributed by atoms with E-state index in [0.717, 1.165) is 16.3 Å². The first-order valence-corrected chi connectivity index (χ1v) is 11.1. The van der Waals surface area contributed by atoms with E-state index in [1.807, 2.05) is 60.7 Å². The first-order chi connectivity index (χ1) is 14.5. The van der Waals surface area contributed by atoms with Gasteiger partial charge in [0.2, 0.25) is 10.0 Å². The van der Waals surface area contributed by atoms with Gasteiger partial charge >= 0.3 is 0 Å². The fraction of sp³-hybridized carbons (Fsp3) is 0.130. The zero-order valence-electron chi connectivity index (χ0n) is 16.8. The molecule has 0 atom stereocenters.